The molecule has 0 atom stereocenters. The molecule has 0 bridgehead atoms. The monoisotopic (exact) mass is 952 g/mol. The molecule has 0 saturated carbocycles. The van der Waals surface area contributed by atoms with Crippen molar-refractivity contribution in [1.29, 1.82) is 0 Å². The molecule has 0 fully saturated rings. The van der Waals surface area contributed by atoms with Gasteiger partial charge >= 0.3 is 41.5 Å². The number of methoxy groups -OCH3 is 1. The van der Waals surface area contributed by atoms with Crippen LogP contribution >= 0.6 is 0 Å². The van der Waals surface area contributed by atoms with Crippen LogP contribution in [0.5, 0.6) is 0 Å². The van der Waals surface area contributed by atoms with E-state index in [1.54, 1.807) is 24.8 Å². The first-order valence-corrected chi connectivity index (χ1v) is 22.5. The number of aryl methyl sites for hydroxylation is 2. The van der Waals surface area contributed by atoms with Crippen LogP contribution in [-0.2, 0) is 40.3 Å². The maximum atomic E-state index is 11.6. The van der Waals surface area contributed by atoms with Crippen molar-refractivity contribution in [1.82, 2.24) is 39.2 Å². The van der Waals surface area contributed by atoms with Gasteiger partial charge in [0.15, 0.2) is 23.3 Å². The van der Waals surface area contributed by atoms with Crippen molar-refractivity contribution in [2.24, 2.45) is 0 Å². The Morgan fingerprint density at radius 3 is 1.35 bits per heavy atom. The number of nitrogens with one attached hydrogen (secondary N) is 2. The SMILES string of the molecule is COC(=O)CCc1cncc(-c2nc(NCc3ccccc3)c3c(-c4ccccc4)ccn3n2)c1.O=C(O)CCc1cncc(-c2nc(NCc3ccccc3)c3c(-c4ccccc4)ccn3n2)c1.[Na+].[OH-]. The number of aliphatic carboxylic acids is 1. The van der Waals surface area contributed by atoms with E-state index < -0.39 is 5.97 Å². The van der Waals surface area contributed by atoms with Crippen LogP contribution < -0.4 is 40.2 Å². The zero-order chi connectivity index (χ0) is 47.4. The summed E-state index contributed by atoms with van der Waals surface area (Å²) in [6, 6.07) is 48.7. The number of ether oxygens (including phenoxy) is 1. The zero-order valence-electron chi connectivity index (χ0n) is 39.3. The first kappa shape index (κ1) is 50.8. The van der Waals surface area contributed by atoms with Crippen molar-refractivity contribution in [2.45, 2.75) is 38.8 Å². The van der Waals surface area contributed by atoms with E-state index >= 15 is 0 Å². The number of rotatable bonds is 16. The van der Waals surface area contributed by atoms with E-state index in [0.29, 0.717) is 49.8 Å². The number of aromatic nitrogens is 8. The average Bonchev–Trinajstić information content (AvgIpc) is 4.05. The maximum absolute atomic E-state index is 11.6. The van der Waals surface area contributed by atoms with Crippen LogP contribution in [0.3, 0.4) is 0 Å². The van der Waals surface area contributed by atoms with Crippen LogP contribution in [-0.4, -0.2) is 68.8 Å². The molecule has 0 spiro atoms. The van der Waals surface area contributed by atoms with Crippen molar-refractivity contribution in [3.63, 3.8) is 0 Å². The second kappa shape index (κ2) is 24.5. The predicted octanol–water partition coefficient (Wildman–Crippen LogP) is 7.09. The fourth-order valence-corrected chi connectivity index (χ4v) is 7.90. The third-order valence-corrected chi connectivity index (χ3v) is 11.4. The van der Waals surface area contributed by atoms with Gasteiger partial charge in [0.2, 0.25) is 0 Å². The Kier molecular flexibility index (Phi) is 17.5. The summed E-state index contributed by atoms with van der Waals surface area (Å²) in [5, 5.41) is 25.6. The largest absolute Gasteiger partial charge is 1.00 e. The molecule has 10 aromatic rings. The summed E-state index contributed by atoms with van der Waals surface area (Å²) in [5.74, 6) is 1.44. The summed E-state index contributed by atoms with van der Waals surface area (Å²) in [5.41, 5.74) is 11.7. The van der Waals surface area contributed by atoms with E-state index in [4.69, 9.17) is 30.0 Å². The molecule has 0 unspecified atom stereocenters. The summed E-state index contributed by atoms with van der Waals surface area (Å²) in [6.45, 7) is 1.24. The fourth-order valence-electron chi connectivity index (χ4n) is 7.90. The Balaban J connectivity index is 0.000000203. The number of pyridine rings is 2. The molecule has 6 aromatic heterocycles. The molecule has 6 heterocycles. The van der Waals surface area contributed by atoms with Gasteiger partial charge in [-0.05, 0) is 70.5 Å². The number of hydrogen-bond acceptors (Lipinski definition) is 12. The van der Waals surface area contributed by atoms with Crippen molar-refractivity contribution < 1.29 is 54.5 Å². The van der Waals surface area contributed by atoms with Gasteiger partial charge in [0.05, 0.1) is 7.11 Å². The third-order valence-electron chi connectivity index (χ3n) is 11.4. The molecule has 15 nitrogen and oxygen atoms in total. The van der Waals surface area contributed by atoms with Gasteiger partial charge in [-0.15, -0.1) is 10.2 Å². The van der Waals surface area contributed by atoms with Gasteiger partial charge in [-0.25, -0.2) is 19.0 Å². The summed E-state index contributed by atoms with van der Waals surface area (Å²) in [7, 11) is 1.39. The number of nitrogens with zero attached hydrogens (tertiary/aromatic N) is 8. The van der Waals surface area contributed by atoms with Gasteiger partial charge < -0.3 is 26.0 Å². The van der Waals surface area contributed by atoms with Crippen molar-refractivity contribution in [2.75, 3.05) is 17.7 Å². The quantitative estimate of drug-likeness (QED) is 0.0655. The molecule has 0 amide bonds. The van der Waals surface area contributed by atoms with Gasteiger partial charge in [0, 0.05) is 85.4 Å². The first-order valence-electron chi connectivity index (χ1n) is 22.5. The number of carbonyl (C=O) groups excluding carboxylic acids is 1. The van der Waals surface area contributed by atoms with E-state index in [1.807, 2.05) is 112 Å². The molecular weight excluding hydrogens is 904 g/mol. The van der Waals surface area contributed by atoms with Gasteiger partial charge in [-0.3, -0.25) is 19.6 Å². The van der Waals surface area contributed by atoms with E-state index in [-0.39, 0.29) is 47.4 Å². The summed E-state index contributed by atoms with van der Waals surface area (Å²) in [4.78, 5) is 41.0. The Bertz CT molecular complexity index is 3340. The van der Waals surface area contributed by atoms with Crippen LogP contribution in [0, 0.1) is 0 Å². The Morgan fingerprint density at radius 2 is 0.944 bits per heavy atom. The van der Waals surface area contributed by atoms with Crippen LogP contribution in [0.25, 0.3) is 56.1 Å². The van der Waals surface area contributed by atoms with Gasteiger partial charge in [-0.2, -0.15) is 0 Å². The normalized spacial score (nSPS) is 10.6. The molecule has 10 rings (SSSR count). The summed E-state index contributed by atoms with van der Waals surface area (Å²) in [6.07, 6.45) is 12.0. The maximum Gasteiger partial charge on any atom is 1.00 e. The standard InChI is InChI=1S/C28H25N5O2.C27H23N5O2.Na.H2O/c1-35-25(34)13-12-21-16-23(19-29-17-21)27-31-28(30-18-20-8-4-2-5-9-20)26-24(14-15-33(26)32-27)22-10-6-3-7-11-22;33-24(34)12-11-20-15-22(18-28-16-20)26-30-27(29-17-19-7-3-1-4-8-19)25-23(13-14-32(25)31-26)21-9-5-2-6-10-21;;/h2-11,14-17,19H,12-13,18H2,1H3,(H,30,31,32);1-10,13-16,18H,11-12,17H2,(H,33,34)(H,29,30,31);;1H2/q;;+1;/p-1. The summed E-state index contributed by atoms with van der Waals surface area (Å²) >= 11 is 0. The van der Waals surface area contributed by atoms with E-state index in [0.717, 1.165) is 72.5 Å². The van der Waals surface area contributed by atoms with Crippen LogP contribution in [0.1, 0.15) is 35.1 Å². The minimum atomic E-state index is -0.837. The molecule has 71 heavy (non-hydrogen) atoms. The number of anilines is 2. The van der Waals surface area contributed by atoms with Crippen molar-refractivity contribution >= 4 is 34.6 Å². The number of fused-ring (bicyclic) bond motifs is 2. The van der Waals surface area contributed by atoms with Crippen molar-refractivity contribution in [3.8, 4) is 45.0 Å². The fraction of sp³-hybridized carbons (Fsp3) is 0.127. The molecule has 0 aliphatic rings. The third kappa shape index (κ3) is 12.8. The predicted molar refractivity (Wildman–Crippen MR) is 269 cm³/mol. The van der Waals surface area contributed by atoms with E-state index in [1.165, 1.54) is 7.11 Å². The second-order valence-electron chi connectivity index (χ2n) is 16.2. The van der Waals surface area contributed by atoms with Gasteiger partial charge in [0.25, 0.3) is 0 Å². The van der Waals surface area contributed by atoms with Crippen LogP contribution in [0.2, 0.25) is 0 Å². The number of carbonyl (C=O) groups is 2. The molecule has 16 heteroatoms. The topological polar surface area (TPSA) is 204 Å². The molecule has 0 aliphatic carbocycles. The summed E-state index contributed by atoms with van der Waals surface area (Å²) < 4.78 is 8.45. The minimum Gasteiger partial charge on any atom is -0.870 e. The Morgan fingerprint density at radius 1 is 0.535 bits per heavy atom. The number of carboxylic acid groups (broad SMARTS) is 1. The van der Waals surface area contributed by atoms with Crippen molar-refractivity contribution in [3.05, 3.63) is 205 Å². The number of esters is 1. The Hall–Kier alpha value is -8.08. The second-order valence-corrected chi connectivity index (χ2v) is 16.2. The van der Waals surface area contributed by atoms with Crippen LogP contribution in [0.4, 0.5) is 11.6 Å². The van der Waals surface area contributed by atoms with E-state index in [2.05, 4.69) is 75.2 Å². The van der Waals surface area contributed by atoms with Gasteiger partial charge in [0.1, 0.15) is 11.0 Å². The molecule has 0 aliphatic heterocycles. The minimum absolute atomic E-state index is 0. The van der Waals surface area contributed by atoms with Gasteiger partial charge in [-0.1, -0.05) is 121 Å². The smallest absolute Gasteiger partial charge is 0.870 e. The van der Waals surface area contributed by atoms with E-state index in [9.17, 15) is 9.59 Å². The number of hydrogen-bond donors (Lipinski definition) is 3. The molecule has 4 aromatic carbocycles. The Labute approximate surface area is 432 Å². The molecular formula is C55H49N10NaO5. The number of carboxylic acids is 1. The number of benzene rings is 4. The molecule has 0 saturated heterocycles. The van der Waals surface area contributed by atoms with Crippen LogP contribution in [0.15, 0.2) is 183 Å². The molecule has 350 valence electrons. The molecule has 4 N–H and O–H groups in total. The first-order chi connectivity index (χ1) is 33.9. The zero-order valence-corrected chi connectivity index (χ0v) is 41.3. The average molecular weight is 953 g/mol. The molecule has 0 radical (unpaired) electrons.